The van der Waals surface area contributed by atoms with Crippen molar-refractivity contribution in [3.05, 3.63) is 48.0 Å². The van der Waals surface area contributed by atoms with E-state index in [1.165, 1.54) is 0 Å². The Morgan fingerprint density at radius 3 is 2.57 bits per heavy atom. The Kier molecular flexibility index (Phi) is 3.31. The lowest BCUT2D eigenvalue weighted by atomic mass is 10.1. The number of phenols is 1. The lowest BCUT2D eigenvalue weighted by Gasteiger charge is -2.05. The number of hydrogen-bond acceptors (Lipinski definition) is 5. The lowest BCUT2D eigenvalue weighted by molar-refractivity contribution is 0.405. The van der Waals surface area contributed by atoms with Gasteiger partial charge >= 0.3 is 0 Å². The van der Waals surface area contributed by atoms with Crippen molar-refractivity contribution in [2.24, 2.45) is 0 Å². The standard InChI is InChI=1S/C16H14N2O3/c1-10-3-8-14(20-2)13(9-10)16-17-15(18-21-16)11-4-6-12(19)7-5-11/h3-9,19H,1-2H3. The van der Waals surface area contributed by atoms with Gasteiger partial charge in [-0.2, -0.15) is 4.98 Å². The fourth-order valence-electron chi connectivity index (χ4n) is 2.05. The van der Waals surface area contributed by atoms with Gasteiger partial charge in [-0.1, -0.05) is 16.8 Å². The van der Waals surface area contributed by atoms with Crippen LogP contribution in [0.15, 0.2) is 47.0 Å². The molecular weight excluding hydrogens is 268 g/mol. The normalized spacial score (nSPS) is 10.6. The van der Waals surface area contributed by atoms with Gasteiger partial charge in [-0.15, -0.1) is 0 Å². The molecule has 1 N–H and O–H groups in total. The van der Waals surface area contributed by atoms with Crippen LogP contribution in [-0.4, -0.2) is 22.4 Å². The predicted octanol–water partition coefficient (Wildman–Crippen LogP) is 3.43. The van der Waals surface area contributed by atoms with E-state index in [1.807, 2.05) is 25.1 Å². The van der Waals surface area contributed by atoms with Crippen LogP contribution in [0.3, 0.4) is 0 Å². The second-order valence-electron chi connectivity index (χ2n) is 4.67. The Hall–Kier alpha value is -2.82. The van der Waals surface area contributed by atoms with Gasteiger partial charge in [0.15, 0.2) is 0 Å². The van der Waals surface area contributed by atoms with E-state index in [0.29, 0.717) is 17.5 Å². The maximum absolute atomic E-state index is 9.30. The van der Waals surface area contributed by atoms with Crippen molar-refractivity contribution in [2.75, 3.05) is 7.11 Å². The maximum Gasteiger partial charge on any atom is 0.262 e. The van der Waals surface area contributed by atoms with Crippen molar-refractivity contribution in [1.29, 1.82) is 0 Å². The zero-order chi connectivity index (χ0) is 14.8. The Balaban J connectivity index is 2.02. The molecule has 0 saturated carbocycles. The summed E-state index contributed by atoms with van der Waals surface area (Å²) >= 11 is 0. The van der Waals surface area contributed by atoms with Crippen LogP contribution in [-0.2, 0) is 0 Å². The van der Waals surface area contributed by atoms with Gasteiger partial charge in [0, 0.05) is 5.56 Å². The summed E-state index contributed by atoms with van der Waals surface area (Å²) in [4.78, 5) is 4.39. The van der Waals surface area contributed by atoms with Gasteiger partial charge in [0.25, 0.3) is 5.89 Å². The summed E-state index contributed by atoms with van der Waals surface area (Å²) in [7, 11) is 1.60. The first-order valence-electron chi connectivity index (χ1n) is 6.45. The Labute approximate surface area is 121 Å². The third-order valence-electron chi connectivity index (χ3n) is 3.14. The molecule has 3 aromatic rings. The fraction of sp³-hybridized carbons (Fsp3) is 0.125. The summed E-state index contributed by atoms with van der Waals surface area (Å²) in [5.74, 6) is 1.75. The lowest BCUT2D eigenvalue weighted by Crippen LogP contribution is -1.89. The van der Waals surface area contributed by atoms with Crippen molar-refractivity contribution in [1.82, 2.24) is 10.1 Å². The summed E-state index contributed by atoms with van der Waals surface area (Å²) in [5, 5.41) is 13.3. The van der Waals surface area contributed by atoms with E-state index < -0.39 is 0 Å². The molecule has 1 aromatic heterocycles. The number of aryl methyl sites for hydroxylation is 1. The number of aromatic hydroxyl groups is 1. The highest BCUT2D eigenvalue weighted by Gasteiger charge is 2.15. The average Bonchev–Trinajstić information content (AvgIpc) is 2.97. The first-order valence-corrected chi connectivity index (χ1v) is 6.45. The average molecular weight is 282 g/mol. The molecule has 0 aliphatic carbocycles. The smallest absolute Gasteiger partial charge is 0.262 e. The molecule has 0 spiro atoms. The highest BCUT2D eigenvalue weighted by Crippen LogP contribution is 2.31. The van der Waals surface area contributed by atoms with Gasteiger partial charge in [-0.3, -0.25) is 0 Å². The first kappa shape index (κ1) is 13.2. The summed E-state index contributed by atoms with van der Waals surface area (Å²) in [6, 6.07) is 12.4. The van der Waals surface area contributed by atoms with Crippen LogP contribution in [0.1, 0.15) is 5.56 Å². The zero-order valence-electron chi connectivity index (χ0n) is 11.7. The van der Waals surface area contributed by atoms with E-state index in [-0.39, 0.29) is 5.75 Å². The molecule has 106 valence electrons. The second kappa shape index (κ2) is 5.28. The van der Waals surface area contributed by atoms with E-state index in [1.54, 1.807) is 31.4 Å². The monoisotopic (exact) mass is 282 g/mol. The SMILES string of the molecule is COc1ccc(C)cc1-c1nc(-c2ccc(O)cc2)no1. The molecule has 2 aromatic carbocycles. The van der Waals surface area contributed by atoms with Gasteiger partial charge in [-0.25, -0.2) is 0 Å². The Morgan fingerprint density at radius 1 is 1.10 bits per heavy atom. The maximum atomic E-state index is 9.30. The minimum atomic E-state index is 0.197. The molecule has 3 rings (SSSR count). The fourth-order valence-corrected chi connectivity index (χ4v) is 2.05. The number of nitrogens with zero attached hydrogens (tertiary/aromatic N) is 2. The molecule has 0 fully saturated rings. The zero-order valence-corrected chi connectivity index (χ0v) is 11.7. The van der Waals surface area contributed by atoms with Crippen LogP contribution in [0.2, 0.25) is 0 Å². The van der Waals surface area contributed by atoms with Crippen molar-refractivity contribution in [3.8, 4) is 34.3 Å². The van der Waals surface area contributed by atoms with Gasteiger partial charge in [-0.05, 0) is 43.3 Å². The van der Waals surface area contributed by atoms with E-state index in [9.17, 15) is 5.11 Å². The third kappa shape index (κ3) is 2.58. The molecular formula is C16H14N2O3. The third-order valence-corrected chi connectivity index (χ3v) is 3.14. The van der Waals surface area contributed by atoms with Gasteiger partial charge in [0.1, 0.15) is 11.5 Å². The number of ether oxygens (including phenoxy) is 1. The largest absolute Gasteiger partial charge is 0.508 e. The summed E-state index contributed by atoms with van der Waals surface area (Å²) in [6.07, 6.45) is 0. The molecule has 0 unspecified atom stereocenters. The van der Waals surface area contributed by atoms with E-state index >= 15 is 0 Å². The van der Waals surface area contributed by atoms with Crippen molar-refractivity contribution >= 4 is 0 Å². The molecule has 0 bridgehead atoms. The molecule has 0 aliphatic rings. The van der Waals surface area contributed by atoms with Crippen LogP contribution >= 0.6 is 0 Å². The van der Waals surface area contributed by atoms with Crippen molar-refractivity contribution < 1.29 is 14.4 Å². The van der Waals surface area contributed by atoms with Gasteiger partial charge in [0.2, 0.25) is 5.82 Å². The molecule has 1 heterocycles. The molecule has 5 heteroatoms. The predicted molar refractivity (Wildman–Crippen MR) is 78.1 cm³/mol. The highest BCUT2D eigenvalue weighted by molar-refractivity contribution is 5.66. The van der Waals surface area contributed by atoms with Crippen LogP contribution in [0.5, 0.6) is 11.5 Å². The molecule has 0 atom stereocenters. The van der Waals surface area contributed by atoms with Crippen molar-refractivity contribution in [3.63, 3.8) is 0 Å². The highest BCUT2D eigenvalue weighted by atomic mass is 16.5. The van der Waals surface area contributed by atoms with E-state index in [0.717, 1.165) is 16.7 Å². The van der Waals surface area contributed by atoms with Crippen LogP contribution in [0.4, 0.5) is 0 Å². The topological polar surface area (TPSA) is 68.4 Å². The Morgan fingerprint density at radius 2 is 1.86 bits per heavy atom. The van der Waals surface area contributed by atoms with Crippen LogP contribution in [0.25, 0.3) is 22.8 Å². The molecule has 0 saturated heterocycles. The molecule has 0 aliphatic heterocycles. The number of phenolic OH excluding ortho intramolecular Hbond substituents is 1. The van der Waals surface area contributed by atoms with Crippen LogP contribution in [0, 0.1) is 6.92 Å². The number of methoxy groups -OCH3 is 1. The summed E-state index contributed by atoms with van der Waals surface area (Å²) in [6.45, 7) is 1.99. The quantitative estimate of drug-likeness (QED) is 0.797. The number of aromatic nitrogens is 2. The number of rotatable bonds is 3. The van der Waals surface area contributed by atoms with Crippen molar-refractivity contribution in [2.45, 2.75) is 6.92 Å². The number of benzene rings is 2. The molecule has 21 heavy (non-hydrogen) atoms. The van der Waals surface area contributed by atoms with Gasteiger partial charge in [0.05, 0.1) is 12.7 Å². The minimum Gasteiger partial charge on any atom is -0.508 e. The number of hydrogen-bond donors (Lipinski definition) is 1. The molecule has 0 amide bonds. The van der Waals surface area contributed by atoms with E-state index in [2.05, 4.69) is 10.1 Å². The second-order valence-corrected chi connectivity index (χ2v) is 4.67. The van der Waals surface area contributed by atoms with Crippen LogP contribution < -0.4 is 4.74 Å². The summed E-state index contributed by atoms with van der Waals surface area (Å²) in [5.41, 5.74) is 2.61. The molecule has 5 nitrogen and oxygen atoms in total. The van der Waals surface area contributed by atoms with Gasteiger partial charge < -0.3 is 14.4 Å². The Bertz CT molecular complexity index is 763. The minimum absolute atomic E-state index is 0.197. The molecule has 0 radical (unpaired) electrons. The first-order chi connectivity index (χ1) is 10.2. The van der Waals surface area contributed by atoms with E-state index in [4.69, 9.17) is 9.26 Å². The summed E-state index contributed by atoms with van der Waals surface area (Å²) < 4.78 is 10.7.